The van der Waals surface area contributed by atoms with E-state index in [1.54, 1.807) is 46.8 Å². The van der Waals surface area contributed by atoms with Crippen molar-refractivity contribution in [3.8, 4) is 11.5 Å². The molecule has 18 nitrogen and oxygen atoms in total. The number of allylic oxidation sites excluding steroid dienone is 4. The fourth-order valence-electron chi connectivity index (χ4n) is 8.91. The molecule has 0 amide bonds. The van der Waals surface area contributed by atoms with Gasteiger partial charge >= 0.3 is 17.9 Å². The average Bonchev–Trinajstić information content (AvgIpc) is 4.10. The zero-order chi connectivity index (χ0) is 54.4. The molecule has 14 atom stereocenters. The minimum atomic E-state index is -1.57. The molecule has 5 rings (SSSR count). The third-order valence-electron chi connectivity index (χ3n) is 14.0. The van der Waals surface area contributed by atoms with E-state index in [9.17, 15) is 50.1 Å². The Balaban J connectivity index is 1.38. The maximum atomic E-state index is 14.0. The van der Waals surface area contributed by atoms with Gasteiger partial charge in [0.15, 0.2) is 36.3 Å². The standard InChI is InChI=1S/C53H74Cl2O18/c1-12-30-23-26(4)33(57)17-15-14-16-31(24-67-50-45(66-11)40(60)43(29(7)68-50)70-48(64)35-32(13-2)36(54)39(59)37(55)38(35)58)47(63)69-34(28(6)56)19-18-25(3)22-27(5)42(30)71-49-41(61)44(46(62)52(8,9)73-49)72-51(65)53(10)20-21-53/h14-16,18,22-23,28-30,33-34,40-46,49-50,56-62H,12-13,17,19-21,24H2,1-11H3/b15-14+,25-18+,26-23+,27-22+,31-16+/t28-,29-,30+,33+,34+,40+,41+,42+,43-,44-,45+,46+,49-,50-/m1/s1. The fraction of sp³-hybridized carbons (Fsp3) is 0.642. The topological polar surface area (TPSA) is 267 Å². The number of phenolic OH excluding ortho intramolecular Hbond substituents is 2. The summed E-state index contributed by atoms with van der Waals surface area (Å²) in [7, 11) is 1.26. The Kier molecular flexibility index (Phi) is 20.8. The molecular formula is C53H74Cl2O18. The van der Waals surface area contributed by atoms with Crippen LogP contribution in [0.25, 0.3) is 0 Å². The highest BCUT2D eigenvalue weighted by molar-refractivity contribution is 6.39. The van der Waals surface area contributed by atoms with Crippen LogP contribution in [0.3, 0.4) is 0 Å². The zero-order valence-electron chi connectivity index (χ0n) is 43.4. The van der Waals surface area contributed by atoms with Crippen LogP contribution in [0.15, 0.2) is 58.7 Å². The van der Waals surface area contributed by atoms with Gasteiger partial charge in [-0.05, 0) is 110 Å². The molecule has 20 heteroatoms. The van der Waals surface area contributed by atoms with E-state index in [4.69, 9.17) is 61.1 Å². The molecule has 4 aliphatic rings. The Hall–Kier alpha value is -3.89. The highest BCUT2D eigenvalue weighted by atomic mass is 35.5. The molecule has 3 aliphatic heterocycles. The van der Waals surface area contributed by atoms with Crippen LogP contribution in [0.4, 0.5) is 0 Å². The van der Waals surface area contributed by atoms with Crippen LogP contribution in [0, 0.1) is 11.3 Å². The summed E-state index contributed by atoms with van der Waals surface area (Å²) in [4.78, 5) is 40.6. The molecule has 1 aromatic rings. The van der Waals surface area contributed by atoms with Crippen molar-refractivity contribution in [3.05, 3.63) is 79.9 Å². The Morgan fingerprint density at radius 2 is 1.58 bits per heavy atom. The van der Waals surface area contributed by atoms with Gasteiger partial charge in [-0.1, -0.05) is 73.0 Å². The van der Waals surface area contributed by atoms with Gasteiger partial charge in [-0.15, -0.1) is 0 Å². The number of carbonyl (C=O) groups excluding carboxylic acids is 3. The second kappa shape index (κ2) is 25.3. The highest BCUT2D eigenvalue weighted by Gasteiger charge is 2.55. The summed E-state index contributed by atoms with van der Waals surface area (Å²) in [6, 6.07) is 0. The number of benzene rings is 1. The van der Waals surface area contributed by atoms with Crippen molar-refractivity contribution in [1.82, 2.24) is 0 Å². The quantitative estimate of drug-likeness (QED) is 0.0642. The summed E-state index contributed by atoms with van der Waals surface area (Å²) >= 11 is 12.3. The SMILES string of the molecule is CCc1c(Cl)c(O)c(Cl)c(O)c1C(=O)O[C@H]1[C@H](O)[C@H](OC)[C@H](OC/C2=C\C=C\C[C@H](O)/C(C)=C/[C@H](CC)[C@@H](O[C@@H]3OC(C)(C)[C@@H](O)[C@H](OC(=O)C4(C)CC4)[C@@H]3O)/C(C)=C/C(C)=C/C[C@@H]([C@@H](C)O)OC2=O)O[C@@H]1C. The third kappa shape index (κ3) is 14.1. The predicted molar refractivity (Wildman–Crippen MR) is 268 cm³/mol. The molecule has 0 aromatic heterocycles. The maximum absolute atomic E-state index is 14.0. The number of ether oxygens (including phenoxy) is 8. The number of carbonyl (C=O) groups is 3. The molecule has 0 radical (unpaired) electrons. The number of aliphatic hydroxyl groups excluding tert-OH is 5. The van der Waals surface area contributed by atoms with Crippen molar-refractivity contribution in [1.29, 1.82) is 0 Å². The molecule has 408 valence electrons. The number of aromatic hydroxyl groups is 2. The second-order valence-corrected chi connectivity index (χ2v) is 21.0. The Bertz CT molecular complexity index is 2300. The molecular weight excluding hydrogens is 995 g/mol. The first kappa shape index (κ1) is 60.0. The largest absolute Gasteiger partial charge is 0.505 e. The van der Waals surface area contributed by atoms with Crippen molar-refractivity contribution in [2.24, 2.45) is 11.3 Å². The number of aliphatic hydroxyl groups is 5. The summed E-state index contributed by atoms with van der Waals surface area (Å²) in [5.41, 5.74) is -0.366. The van der Waals surface area contributed by atoms with Gasteiger partial charge in [0.05, 0.1) is 52.6 Å². The normalized spacial score (nSPS) is 35.9. The summed E-state index contributed by atoms with van der Waals surface area (Å²) in [5, 5.41) is 76.8. The van der Waals surface area contributed by atoms with Crippen molar-refractivity contribution in [2.45, 2.75) is 193 Å². The summed E-state index contributed by atoms with van der Waals surface area (Å²) < 4.78 is 47.8. The van der Waals surface area contributed by atoms with Crippen LogP contribution in [0.1, 0.15) is 117 Å². The molecule has 0 bridgehead atoms. The van der Waals surface area contributed by atoms with Crippen LogP contribution >= 0.6 is 23.2 Å². The lowest BCUT2D eigenvalue weighted by Gasteiger charge is -2.47. The lowest BCUT2D eigenvalue weighted by molar-refractivity contribution is -0.333. The second-order valence-electron chi connectivity index (χ2n) is 20.2. The van der Waals surface area contributed by atoms with Gasteiger partial charge in [-0.25, -0.2) is 9.59 Å². The average molecular weight is 1070 g/mol. The molecule has 1 aromatic carbocycles. The van der Waals surface area contributed by atoms with E-state index < -0.39 is 143 Å². The Morgan fingerprint density at radius 3 is 2.18 bits per heavy atom. The van der Waals surface area contributed by atoms with E-state index >= 15 is 0 Å². The monoisotopic (exact) mass is 1070 g/mol. The third-order valence-corrected chi connectivity index (χ3v) is 14.8. The van der Waals surface area contributed by atoms with E-state index in [0.29, 0.717) is 36.0 Å². The molecule has 73 heavy (non-hydrogen) atoms. The van der Waals surface area contributed by atoms with Gasteiger partial charge in [-0.2, -0.15) is 0 Å². The summed E-state index contributed by atoms with van der Waals surface area (Å²) in [6.45, 7) is 16.5. The summed E-state index contributed by atoms with van der Waals surface area (Å²) in [5.74, 6) is -4.25. The van der Waals surface area contributed by atoms with Gasteiger partial charge in [-0.3, -0.25) is 4.79 Å². The van der Waals surface area contributed by atoms with Crippen molar-refractivity contribution < 1.29 is 88.0 Å². The first-order valence-corrected chi connectivity index (χ1v) is 25.4. The van der Waals surface area contributed by atoms with Crippen LogP contribution < -0.4 is 0 Å². The molecule has 7 N–H and O–H groups in total. The van der Waals surface area contributed by atoms with Crippen molar-refractivity contribution >= 4 is 41.1 Å². The van der Waals surface area contributed by atoms with E-state index in [1.165, 1.54) is 33.1 Å². The molecule has 3 heterocycles. The number of halogens is 2. The predicted octanol–water partition coefficient (Wildman–Crippen LogP) is 6.38. The zero-order valence-corrected chi connectivity index (χ0v) is 44.9. The van der Waals surface area contributed by atoms with E-state index in [1.807, 2.05) is 32.9 Å². The van der Waals surface area contributed by atoms with Crippen molar-refractivity contribution in [3.63, 3.8) is 0 Å². The Labute approximate surface area is 437 Å². The maximum Gasteiger partial charge on any atom is 0.342 e. The number of esters is 3. The lowest BCUT2D eigenvalue weighted by Crippen LogP contribution is -2.64. The molecule has 2 saturated heterocycles. The molecule has 1 aliphatic carbocycles. The minimum absolute atomic E-state index is 0.0355. The van der Waals surface area contributed by atoms with Crippen LogP contribution in [0.5, 0.6) is 11.5 Å². The number of rotatable bonds is 13. The smallest absolute Gasteiger partial charge is 0.342 e. The summed E-state index contributed by atoms with van der Waals surface area (Å²) in [6.07, 6.45) is -4.04. The number of hydrogen-bond donors (Lipinski definition) is 7. The Morgan fingerprint density at radius 1 is 0.904 bits per heavy atom. The van der Waals surface area contributed by atoms with Gasteiger partial charge in [0.25, 0.3) is 0 Å². The van der Waals surface area contributed by atoms with E-state index in [0.717, 1.165) is 0 Å². The number of phenols is 2. The number of hydrogen-bond acceptors (Lipinski definition) is 18. The van der Waals surface area contributed by atoms with Crippen molar-refractivity contribution in [2.75, 3.05) is 13.7 Å². The number of methoxy groups -OCH3 is 1. The fourth-order valence-corrected chi connectivity index (χ4v) is 9.47. The van der Waals surface area contributed by atoms with Crippen LogP contribution in [0.2, 0.25) is 10.0 Å². The lowest BCUT2D eigenvalue weighted by atomic mass is 9.88. The van der Waals surface area contributed by atoms with E-state index in [2.05, 4.69) is 0 Å². The van der Waals surface area contributed by atoms with Gasteiger partial charge in [0, 0.05) is 19.4 Å². The van der Waals surface area contributed by atoms with Crippen LogP contribution in [-0.4, -0.2) is 153 Å². The van der Waals surface area contributed by atoms with Gasteiger partial charge < -0.3 is 73.6 Å². The number of cyclic esters (lactones) is 1. The molecule has 1 saturated carbocycles. The molecule has 0 spiro atoms. The molecule has 0 unspecified atom stereocenters. The molecule has 3 fully saturated rings. The van der Waals surface area contributed by atoms with Crippen LogP contribution in [-0.2, 0) is 53.9 Å². The van der Waals surface area contributed by atoms with Gasteiger partial charge in [0.2, 0.25) is 0 Å². The van der Waals surface area contributed by atoms with Gasteiger partial charge in [0.1, 0.15) is 41.1 Å². The van der Waals surface area contributed by atoms with E-state index in [-0.39, 0.29) is 35.4 Å². The highest BCUT2D eigenvalue weighted by Crippen LogP contribution is 2.48. The first-order chi connectivity index (χ1) is 34.2. The first-order valence-electron chi connectivity index (χ1n) is 24.7. The minimum Gasteiger partial charge on any atom is -0.505 e.